The number of methoxy groups -OCH3 is 1. The van der Waals surface area contributed by atoms with Gasteiger partial charge in [0.05, 0.1) is 17.7 Å². The van der Waals surface area contributed by atoms with Crippen LogP contribution in [0.1, 0.15) is 44.7 Å². The van der Waals surface area contributed by atoms with Gasteiger partial charge in [-0.25, -0.2) is 0 Å². The Morgan fingerprint density at radius 1 is 1.15 bits per heavy atom. The number of hydrogen-bond acceptors (Lipinski definition) is 3. The van der Waals surface area contributed by atoms with Gasteiger partial charge in [-0.05, 0) is 53.3 Å². The predicted molar refractivity (Wildman–Crippen MR) is 110 cm³/mol. The first-order valence-corrected chi connectivity index (χ1v) is 9.60. The van der Waals surface area contributed by atoms with Crippen LogP contribution in [0.2, 0.25) is 5.02 Å². The van der Waals surface area contributed by atoms with Crippen molar-refractivity contribution in [3.05, 3.63) is 58.3 Å². The molecule has 0 fully saturated rings. The largest absolute Gasteiger partial charge is 0.511 e. The van der Waals surface area contributed by atoms with E-state index >= 15 is 0 Å². The van der Waals surface area contributed by atoms with Crippen molar-refractivity contribution >= 4 is 23.0 Å². The molecule has 3 nitrogen and oxygen atoms in total. The molecule has 0 saturated heterocycles. The molecule has 0 radical (unpaired) electrons. The Kier molecular flexibility index (Phi) is 5.34. The molecule has 0 aromatic heterocycles. The van der Waals surface area contributed by atoms with E-state index in [1.165, 1.54) is 0 Å². The highest BCUT2D eigenvalue weighted by molar-refractivity contribution is 6.32. The number of aliphatic hydroxyl groups is 1. The number of carbonyl (C=O) groups is 1. The second-order valence-corrected chi connectivity index (χ2v) is 8.01. The topological polar surface area (TPSA) is 46.5 Å². The van der Waals surface area contributed by atoms with Crippen LogP contribution in [0.15, 0.2) is 42.2 Å². The molecular formula is C23H25ClO3. The maximum atomic E-state index is 12.7. The van der Waals surface area contributed by atoms with Crippen LogP contribution in [-0.2, 0) is 11.2 Å². The van der Waals surface area contributed by atoms with Crippen molar-refractivity contribution < 1.29 is 14.6 Å². The molecule has 0 bridgehead atoms. The smallest absolute Gasteiger partial charge is 0.166 e. The van der Waals surface area contributed by atoms with Gasteiger partial charge in [-0.3, -0.25) is 4.79 Å². The molecule has 1 aliphatic rings. The highest BCUT2D eigenvalue weighted by atomic mass is 35.5. The van der Waals surface area contributed by atoms with Gasteiger partial charge in [0.15, 0.2) is 5.78 Å². The summed E-state index contributed by atoms with van der Waals surface area (Å²) in [6.07, 6.45) is 1.90. The van der Waals surface area contributed by atoms with Crippen LogP contribution in [0, 0.1) is 5.41 Å². The molecular weight excluding hydrogens is 360 g/mol. The standard InChI is InChI=1S/C23H25ClO3/c1-5-14-6-7-15(16-8-9-18(24)20(13-16)27-4)12-17(14)21-19(25)10-11-23(2,3)22(21)26/h6-9,12-13,26H,5,10-11H2,1-4H3. The number of allylic oxidation sites excluding steroid dienone is 2. The van der Waals surface area contributed by atoms with Gasteiger partial charge in [0.25, 0.3) is 0 Å². The van der Waals surface area contributed by atoms with E-state index in [1.54, 1.807) is 13.2 Å². The number of ketones is 1. The summed E-state index contributed by atoms with van der Waals surface area (Å²) >= 11 is 6.14. The molecule has 4 heteroatoms. The van der Waals surface area contributed by atoms with Crippen molar-refractivity contribution in [1.82, 2.24) is 0 Å². The number of hydrogen-bond donors (Lipinski definition) is 1. The van der Waals surface area contributed by atoms with Crippen molar-refractivity contribution in [3.63, 3.8) is 0 Å². The summed E-state index contributed by atoms with van der Waals surface area (Å²) in [6, 6.07) is 11.7. The van der Waals surface area contributed by atoms with E-state index in [1.807, 2.05) is 44.2 Å². The highest BCUT2D eigenvalue weighted by Crippen LogP contribution is 2.42. The van der Waals surface area contributed by atoms with Gasteiger partial charge in [0, 0.05) is 11.8 Å². The normalized spacial score (nSPS) is 16.6. The zero-order valence-electron chi connectivity index (χ0n) is 16.2. The van der Waals surface area contributed by atoms with Gasteiger partial charge in [-0.15, -0.1) is 0 Å². The third-order valence-electron chi connectivity index (χ3n) is 5.38. The molecule has 1 N–H and O–H groups in total. The minimum absolute atomic E-state index is 0.00682. The summed E-state index contributed by atoms with van der Waals surface area (Å²) in [6.45, 7) is 6.02. The van der Waals surface area contributed by atoms with Crippen molar-refractivity contribution in [2.24, 2.45) is 5.41 Å². The fourth-order valence-corrected chi connectivity index (χ4v) is 3.75. The summed E-state index contributed by atoms with van der Waals surface area (Å²) in [5.74, 6) is 0.805. The Bertz CT molecular complexity index is 925. The fraction of sp³-hybridized carbons (Fsp3) is 0.348. The molecule has 2 aromatic carbocycles. The van der Waals surface area contributed by atoms with E-state index in [2.05, 4.69) is 6.92 Å². The van der Waals surface area contributed by atoms with Crippen molar-refractivity contribution in [2.75, 3.05) is 7.11 Å². The molecule has 0 spiro atoms. The van der Waals surface area contributed by atoms with E-state index in [0.717, 1.165) is 28.7 Å². The first-order valence-electron chi connectivity index (χ1n) is 9.22. The van der Waals surface area contributed by atoms with Crippen LogP contribution in [0.5, 0.6) is 5.75 Å². The third-order valence-corrected chi connectivity index (χ3v) is 5.69. The van der Waals surface area contributed by atoms with Gasteiger partial charge >= 0.3 is 0 Å². The number of halogens is 1. The number of aryl methyl sites for hydroxylation is 1. The Balaban J connectivity index is 2.19. The van der Waals surface area contributed by atoms with Gasteiger partial charge in [0.2, 0.25) is 0 Å². The minimum Gasteiger partial charge on any atom is -0.511 e. The number of Topliss-reactive ketones (excluding diaryl/α,β-unsaturated/α-hetero) is 1. The van der Waals surface area contributed by atoms with E-state index in [4.69, 9.17) is 16.3 Å². The molecule has 0 amide bonds. The predicted octanol–water partition coefficient (Wildman–Crippen LogP) is 6.24. The molecule has 1 aliphatic carbocycles. The molecule has 0 heterocycles. The van der Waals surface area contributed by atoms with E-state index in [9.17, 15) is 9.90 Å². The maximum absolute atomic E-state index is 12.7. The first kappa shape index (κ1) is 19.5. The molecule has 142 valence electrons. The lowest BCUT2D eigenvalue weighted by atomic mass is 9.74. The first-order chi connectivity index (χ1) is 12.8. The molecule has 0 aliphatic heterocycles. The second-order valence-electron chi connectivity index (χ2n) is 7.61. The number of benzene rings is 2. The summed E-state index contributed by atoms with van der Waals surface area (Å²) in [5.41, 5.74) is 3.84. The van der Waals surface area contributed by atoms with Gasteiger partial charge in [-0.1, -0.05) is 50.6 Å². The number of aliphatic hydroxyl groups excluding tert-OH is 1. The lowest BCUT2D eigenvalue weighted by molar-refractivity contribution is -0.115. The Morgan fingerprint density at radius 3 is 2.48 bits per heavy atom. The van der Waals surface area contributed by atoms with Crippen LogP contribution < -0.4 is 4.74 Å². The average Bonchev–Trinajstić information content (AvgIpc) is 2.66. The van der Waals surface area contributed by atoms with Crippen LogP contribution in [0.25, 0.3) is 16.7 Å². The maximum Gasteiger partial charge on any atom is 0.166 e. The molecule has 3 rings (SSSR count). The van der Waals surface area contributed by atoms with E-state index in [0.29, 0.717) is 29.2 Å². The summed E-state index contributed by atoms with van der Waals surface area (Å²) < 4.78 is 5.32. The van der Waals surface area contributed by atoms with Crippen molar-refractivity contribution in [2.45, 2.75) is 40.0 Å². The molecule has 2 aromatic rings. The van der Waals surface area contributed by atoms with Crippen molar-refractivity contribution in [1.29, 1.82) is 0 Å². The van der Waals surface area contributed by atoms with Gasteiger partial charge in [0.1, 0.15) is 11.5 Å². The zero-order chi connectivity index (χ0) is 19.8. The molecule has 0 atom stereocenters. The SMILES string of the molecule is CCc1ccc(-c2ccc(Cl)c(OC)c2)cc1C1=C(O)C(C)(C)CCC1=O. The third kappa shape index (κ3) is 3.61. The van der Waals surface area contributed by atoms with Crippen LogP contribution in [0.3, 0.4) is 0 Å². The lowest BCUT2D eigenvalue weighted by Crippen LogP contribution is -2.25. The van der Waals surface area contributed by atoms with Crippen LogP contribution >= 0.6 is 11.6 Å². The highest BCUT2D eigenvalue weighted by Gasteiger charge is 2.35. The number of rotatable bonds is 4. The van der Waals surface area contributed by atoms with Crippen LogP contribution in [0.4, 0.5) is 0 Å². The minimum atomic E-state index is -0.395. The van der Waals surface area contributed by atoms with Crippen molar-refractivity contribution in [3.8, 4) is 16.9 Å². The molecule has 0 unspecified atom stereocenters. The molecule has 27 heavy (non-hydrogen) atoms. The Morgan fingerprint density at radius 2 is 1.81 bits per heavy atom. The fourth-order valence-electron chi connectivity index (χ4n) is 3.55. The second kappa shape index (κ2) is 7.40. The molecule has 0 saturated carbocycles. The van der Waals surface area contributed by atoms with Gasteiger partial charge in [-0.2, -0.15) is 0 Å². The summed E-state index contributed by atoms with van der Waals surface area (Å²) in [5, 5.41) is 11.4. The van der Waals surface area contributed by atoms with E-state index < -0.39 is 5.41 Å². The summed E-state index contributed by atoms with van der Waals surface area (Å²) in [4.78, 5) is 12.7. The Labute approximate surface area is 165 Å². The average molecular weight is 385 g/mol. The number of carbonyl (C=O) groups excluding carboxylic acids is 1. The monoisotopic (exact) mass is 384 g/mol. The zero-order valence-corrected chi connectivity index (χ0v) is 17.0. The number of ether oxygens (including phenoxy) is 1. The Hall–Kier alpha value is -2.26. The lowest BCUT2D eigenvalue weighted by Gasteiger charge is -2.31. The quantitative estimate of drug-likeness (QED) is 0.678. The van der Waals surface area contributed by atoms with Gasteiger partial charge < -0.3 is 9.84 Å². The van der Waals surface area contributed by atoms with E-state index in [-0.39, 0.29) is 11.5 Å². The summed E-state index contributed by atoms with van der Waals surface area (Å²) in [7, 11) is 1.59. The van der Waals surface area contributed by atoms with Crippen LogP contribution in [-0.4, -0.2) is 18.0 Å².